The second-order valence-electron chi connectivity index (χ2n) is 3.82. The summed E-state index contributed by atoms with van der Waals surface area (Å²) in [7, 11) is -3.59. The molecule has 19 heavy (non-hydrogen) atoms. The molecule has 1 aromatic carbocycles. The van der Waals surface area contributed by atoms with Crippen molar-refractivity contribution in [3.8, 4) is 0 Å². The van der Waals surface area contributed by atoms with Crippen molar-refractivity contribution in [3.63, 3.8) is 0 Å². The Bertz CT molecular complexity index is 654. The summed E-state index contributed by atoms with van der Waals surface area (Å²) in [6.07, 6.45) is 0. The maximum Gasteiger partial charge on any atom is 0.240 e. The van der Waals surface area contributed by atoms with Crippen molar-refractivity contribution in [1.29, 1.82) is 0 Å². The van der Waals surface area contributed by atoms with Crippen LogP contribution in [-0.2, 0) is 23.2 Å². The molecule has 0 bridgehead atoms. The Morgan fingerprint density at radius 1 is 1.32 bits per heavy atom. The third-order valence-corrected chi connectivity index (χ3v) is 5.15. The molecule has 0 saturated carbocycles. The molecule has 0 aliphatic heterocycles. The van der Waals surface area contributed by atoms with Crippen LogP contribution >= 0.6 is 22.9 Å². The number of hydrogen-bond acceptors (Lipinski definition) is 4. The highest BCUT2D eigenvalue weighted by molar-refractivity contribution is 7.89. The van der Waals surface area contributed by atoms with Crippen LogP contribution in [0.2, 0.25) is 5.02 Å². The van der Waals surface area contributed by atoms with Gasteiger partial charge in [0.1, 0.15) is 0 Å². The summed E-state index contributed by atoms with van der Waals surface area (Å²) in [5.41, 5.74) is 0.499. The lowest BCUT2D eigenvalue weighted by atomic mass is 10.2. The third-order valence-electron chi connectivity index (χ3n) is 2.52. The average molecular weight is 318 g/mol. The largest absolute Gasteiger partial charge is 0.392 e. The van der Waals surface area contributed by atoms with Crippen molar-refractivity contribution < 1.29 is 13.5 Å². The van der Waals surface area contributed by atoms with Gasteiger partial charge in [0.05, 0.1) is 11.5 Å². The van der Waals surface area contributed by atoms with Crippen LogP contribution in [-0.4, -0.2) is 13.5 Å². The van der Waals surface area contributed by atoms with Gasteiger partial charge in [0.25, 0.3) is 0 Å². The van der Waals surface area contributed by atoms with Crippen LogP contribution < -0.4 is 4.72 Å². The van der Waals surface area contributed by atoms with Crippen molar-refractivity contribution in [2.45, 2.75) is 18.0 Å². The lowest BCUT2D eigenvalue weighted by Crippen LogP contribution is -2.22. The van der Waals surface area contributed by atoms with Crippen LogP contribution in [0.4, 0.5) is 0 Å². The maximum absolute atomic E-state index is 12.1. The smallest absolute Gasteiger partial charge is 0.240 e. The van der Waals surface area contributed by atoms with Gasteiger partial charge in [0.15, 0.2) is 0 Å². The molecule has 2 aromatic rings. The summed E-state index contributed by atoms with van der Waals surface area (Å²) >= 11 is 7.37. The normalized spacial score (nSPS) is 11.7. The molecule has 1 aromatic heterocycles. The van der Waals surface area contributed by atoms with Crippen molar-refractivity contribution in [3.05, 3.63) is 51.2 Å². The van der Waals surface area contributed by atoms with E-state index in [1.165, 1.54) is 29.5 Å². The minimum atomic E-state index is -3.59. The highest BCUT2D eigenvalue weighted by Gasteiger charge is 2.15. The SMILES string of the molecule is O=S(=O)(NCc1cccs1)c1ccc(CO)c(Cl)c1. The number of sulfonamides is 1. The molecule has 0 spiro atoms. The predicted octanol–water partition coefficient (Wildman–Crippen LogP) is 2.37. The van der Waals surface area contributed by atoms with E-state index in [4.69, 9.17) is 16.7 Å². The zero-order valence-electron chi connectivity index (χ0n) is 9.84. The van der Waals surface area contributed by atoms with Gasteiger partial charge in [-0.3, -0.25) is 0 Å². The van der Waals surface area contributed by atoms with Gasteiger partial charge < -0.3 is 5.11 Å². The second-order valence-corrected chi connectivity index (χ2v) is 7.02. The maximum atomic E-state index is 12.1. The van der Waals surface area contributed by atoms with Crippen LogP contribution in [0.3, 0.4) is 0 Å². The van der Waals surface area contributed by atoms with Crippen LogP contribution in [0.15, 0.2) is 40.6 Å². The minimum Gasteiger partial charge on any atom is -0.392 e. The monoisotopic (exact) mass is 317 g/mol. The van der Waals surface area contributed by atoms with Gasteiger partial charge in [-0.2, -0.15) is 0 Å². The Labute approximate surface area is 120 Å². The molecule has 0 saturated heterocycles. The highest BCUT2D eigenvalue weighted by atomic mass is 35.5. The molecular formula is C12H12ClNO3S2. The Kier molecular flexibility index (Phi) is 4.59. The number of hydrogen-bond donors (Lipinski definition) is 2. The van der Waals surface area contributed by atoms with Gasteiger partial charge in [0.2, 0.25) is 10.0 Å². The molecule has 0 atom stereocenters. The molecule has 0 radical (unpaired) electrons. The van der Waals surface area contributed by atoms with E-state index in [-0.39, 0.29) is 23.1 Å². The number of thiophene rings is 1. The quantitative estimate of drug-likeness (QED) is 0.889. The summed E-state index contributed by atoms with van der Waals surface area (Å²) in [6.45, 7) is 0.0289. The van der Waals surface area contributed by atoms with E-state index < -0.39 is 10.0 Å². The Morgan fingerprint density at radius 2 is 2.11 bits per heavy atom. The molecule has 0 aliphatic rings. The van der Waals surface area contributed by atoms with Gasteiger partial charge in [-0.25, -0.2) is 13.1 Å². The molecule has 7 heteroatoms. The fourth-order valence-corrected chi connectivity index (χ4v) is 3.56. The minimum absolute atomic E-state index is 0.0891. The highest BCUT2D eigenvalue weighted by Crippen LogP contribution is 2.21. The summed E-state index contributed by atoms with van der Waals surface area (Å²) < 4.78 is 26.6. The predicted molar refractivity (Wildman–Crippen MR) is 75.7 cm³/mol. The molecule has 1 heterocycles. The van der Waals surface area contributed by atoms with E-state index in [1.807, 2.05) is 17.5 Å². The van der Waals surface area contributed by atoms with Gasteiger partial charge >= 0.3 is 0 Å². The lowest BCUT2D eigenvalue weighted by Gasteiger charge is -2.07. The number of aliphatic hydroxyl groups excluding tert-OH is 1. The molecule has 0 fully saturated rings. The van der Waals surface area contributed by atoms with Gasteiger partial charge in [-0.15, -0.1) is 11.3 Å². The topological polar surface area (TPSA) is 66.4 Å². The molecule has 0 aliphatic carbocycles. The standard InChI is InChI=1S/C12H12ClNO3S2/c13-12-6-11(4-3-9(12)8-15)19(16,17)14-7-10-2-1-5-18-10/h1-6,14-15H,7-8H2. The Balaban J connectivity index is 2.17. The van der Waals surface area contributed by atoms with Crippen LogP contribution in [0.1, 0.15) is 10.4 Å². The molecule has 2 rings (SSSR count). The zero-order chi connectivity index (χ0) is 13.9. The fourth-order valence-electron chi connectivity index (χ4n) is 1.49. The summed E-state index contributed by atoms with van der Waals surface area (Å²) in [6, 6.07) is 7.98. The molecular weight excluding hydrogens is 306 g/mol. The Morgan fingerprint density at radius 3 is 2.68 bits per heavy atom. The molecule has 4 nitrogen and oxygen atoms in total. The van der Waals surface area contributed by atoms with E-state index in [2.05, 4.69) is 4.72 Å². The summed E-state index contributed by atoms with van der Waals surface area (Å²) in [5.74, 6) is 0. The first kappa shape index (κ1) is 14.5. The van der Waals surface area contributed by atoms with Gasteiger partial charge in [-0.05, 0) is 29.1 Å². The van der Waals surface area contributed by atoms with Crippen LogP contribution in [0.5, 0.6) is 0 Å². The van der Waals surface area contributed by atoms with E-state index >= 15 is 0 Å². The number of benzene rings is 1. The first-order valence-electron chi connectivity index (χ1n) is 5.44. The molecule has 102 valence electrons. The van der Waals surface area contributed by atoms with E-state index in [1.54, 1.807) is 0 Å². The third kappa shape index (κ3) is 3.55. The average Bonchev–Trinajstić information content (AvgIpc) is 2.89. The Hall–Kier alpha value is -0.920. The molecule has 0 amide bonds. The van der Waals surface area contributed by atoms with Gasteiger partial charge in [-0.1, -0.05) is 23.7 Å². The number of aliphatic hydroxyl groups is 1. The van der Waals surface area contributed by atoms with Crippen LogP contribution in [0.25, 0.3) is 0 Å². The van der Waals surface area contributed by atoms with Crippen molar-refractivity contribution in [2.75, 3.05) is 0 Å². The summed E-state index contributed by atoms with van der Waals surface area (Å²) in [5, 5.41) is 11.1. The molecule has 2 N–H and O–H groups in total. The first-order chi connectivity index (χ1) is 9.03. The fraction of sp³-hybridized carbons (Fsp3) is 0.167. The number of halogens is 1. The first-order valence-corrected chi connectivity index (χ1v) is 8.18. The van der Waals surface area contributed by atoms with Gasteiger partial charge in [0, 0.05) is 16.4 Å². The van der Waals surface area contributed by atoms with Crippen molar-refractivity contribution in [1.82, 2.24) is 4.72 Å². The second kappa shape index (κ2) is 6.02. The molecule has 0 unspecified atom stereocenters. The van der Waals surface area contributed by atoms with Crippen molar-refractivity contribution in [2.24, 2.45) is 0 Å². The van der Waals surface area contributed by atoms with E-state index in [0.717, 1.165) is 4.88 Å². The van der Waals surface area contributed by atoms with E-state index in [9.17, 15) is 8.42 Å². The van der Waals surface area contributed by atoms with Crippen LogP contribution in [0, 0.1) is 0 Å². The summed E-state index contributed by atoms with van der Waals surface area (Å²) in [4.78, 5) is 1.02. The number of rotatable bonds is 5. The van der Waals surface area contributed by atoms with Crippen molar-refractivity contribution >= 4 is 33.0 Å². The van der Waals surface area contributed by atoms with E-state index in [0.29, 0.717) is 5.56 Å². The number of nitrogens with one attached hydrogen (secondary N) is 1. The lowest BCUT2D eigenvalue weighted by molar-refractivity contribution is 0.282. The zero-order valence-corrected chi connectivity index (χ0v) is 12.2.